The Morgan fingerprint density at radius 1 is 1.33 bits per heavy atom. The molecule has 0 saturated heterocycles. The van der Waals surface area contributed by atoms with Gasteiger partial charge in [-0.3, -0.25) is 0 Å². The third kappa shape index (κ3) is 3.53. The van der Waals surface area contributed by atoms with Crippen molar-refractivity contribution in [2.75, 3.05) is 12.4 Å². The molecule has 7 nitrogen and oxygen atoms in total. The summed E-state index contributed by atoms with van der Waals surface area (Å²) < 4.78 is 5.14. The van der Waals surface area contributed by atoms with E-state index in [0.717, 1.165) is 0 Å². The van der Waals surface area contributed by atoms with Crippen LogP contribution >= 0.6 is 0 Å². The molecule has 0 aliphatic heterocycles. The minimum Gasteiger partial charge on any atom is -0.507 e. The summed E-state index contributed by atoms with van der Waals surface area (Å²) in [6.45, 7) is 0.290. The average Bonchev–Trinajstić information content (AvgIpc) is 2.91. The molecule has 1 aromatic carbocycles. The van der Waals surface area contributed by atoms with Crippen LogP contribution in [0.1, 0.15) is 16.1 Å². The van der Waals surface area contributed by atoms with Crippen molar-refractivity contribution in [2.24, 2.45) is 0 Å². The number of amides is 2. The van der Waals surface area contributed by atoms with E-state index in [4.69, 9.17) is 9.52 Å². The zero-order valence-corrected chi connectivity index (χ0v) is 11.2. The van der Waals surface area contributed by atoms with E-state index in [1.165, 1.54) is 29.4 Å². The molecule has 1 aromatic heterocycles. The number of carbonyl (C=O) groups is 2. The number of hydrogen-bond donors (Lipinski definition) is 3. The molecular weight excluding hydrogens is 276 g/mol. The molecule has 0 atom stereocenters. The number of aromatic carboxylic acids is 1. The molecule has 0 aliphatic carbocycles. The molecule has 3 N–H and O–H groups in total. The normalized spacial score (nSPS) is 10.1. The molecule has 7 heteroatoms. The van der Waals surface area contributed by atoms with Gasteiger partial charge in [0.1, 0.15) is 17.1 Å². The predicted octanol–water partition coefficient (Wildman–Crippen LogP) is 2.35. The van der Waals surface area contributed by atoms with Crippen LogP contribution in [-0.4, -0.2) is 34.2 Å². The van der Waals surface area contributed by atoms with Crippen molar-refractivity contribution in [3.63, 3.8) is 0 Å². The number of furan rings is 1. The number of carboxylic acid groups (broad SMARTS) is 1. The van der Waals surface area contributed by atoms with Gasteiger partial charge in [-0.25, -0.2) is 9.59 Å². The Bertz CT molecular complexity index is 651. The van der Waals surface area contributed by atoms with Gasteiger partial charge in [-0.2, -0.15) is 0 Å². The Kier molecular flexibility index (Phi) is 4.13. The standard InChI is InChI=1S/C14H14N2O5/c1-16(8-10-3-2-6-21-10)14(20)15-9-4-5-11(13(18)19)12(17)7-9/h2-7,17H,8H2,1H3,(H,15,20)(H,18,19). The zero-order valence-electron chi connectivity index (χ0n) is 11.2. The van der Waals surface area contributed by atoms with E-state index in [2.05, 4.69) is 5.32 Å². The van der Waals surface area contributed by atoms with Crippen LogP contribution in [0.3, 0.4) is 0 Å². The molecule has 0 saturated carbocycles. The third-order valence-electron chi connectivity index (χ3n) is 2.80. The molecule has 110 valence electrons. The summed E-state index contributed by atoms with van der Waals surface area (Å²) in [6, 6.07) is 6.87. The maximum absolute atomic E-state index is 11.9. The second kappa shape index (κ2) is 6.00. The number of benzene rings is 1. The van der Waals surface area contributed by atoms with Crippen LogP contribution in [0.2, 0.25) is 0 Å². The monoisotopic (exact) mass is 290 g/mol. The third-order valence-corrected chi connectivity index (χ3v) is 2.80. The van der Waals surface area contributed by atoms with Gasteiger partial charge in [0.15, 0.2) is 0 Å². The lowest BCUT2D eigenvalue weighted by Crippen LogP contribution is -2.30. The van der Waals surface area contributed by atoms with Gasteiger partial charge in [-0.1, -0.05) is 0 Å². The lowest BCUT2D eigenvalue weighted by atomic mass is 10.2. The first-order valence-electron chi connectivity index (χ1n) is 6.08. The second-order valence-electron chi connectivity index (χ2n) is 4.40. The highest BCUT2D eigenvalue weighted by atomic mass is 16.4. The van der Waals surface area contributed by atoms with Gasteiger partial charge in [0.05, 0.1) is 12.8 Å². The summed E-state index contributed by atoms with van der Waals surface area (Å²) in [5, 5.41) is 20.9. The lowest BCUT2D eigenvalue weighted by molar-refractivity contribution is 0.0694. The van der Waals surface area contributed by atoms with E-state index in [-0.39, 0.29) is 12.1 Å². The molecular formula is C14H14N2O5. The van der Waals surface area contributed by atoms with Crippen LogP contribution in [0.25, 0.3) is 0 Å². The summed E-state index contributed by atoms with van der Waals surface area (Å²) in [4.78, 5) is 24.1. The van der Waals surface area contributed by atoms with Crippen LogP contribution in [0.15, 0.2) is 41.0 Å². The molecule has 0 spiro atoms. The van der Waals surface area contributed by atoms with Gasteiger partial charge in [0.2, 0.25) is 0 Å². The molecule has 0 unspecified atom stereocenters. The van der Waals surface area contributed by atoms with Gasteiger partial charge < -0.3 is 24.8 Å². The number of urea groups is 1. The molecule has 2 aromatic rings. The molecule has 0 radical (unpaired) electrons. The van der Waals surface area contributed by atoms with Crippen molar-refractivity contribution >= 4 is 17.7 Å². The summed E-state index contributed by atoms with van der Waals surface area (Å²) in [6.07, 6.45) is 1.52. The molecule has 0 bridgehead atoms. The number of nitrogens with zero attached hydrogens (tertiary/aromatic N) is 1. The van der Waals surface area contributed by atoms with Crippen LogP contribution < -0.4 is 5.32 Å². The number of carboxylic acids is 1. The highest BCUT2D eigenvalue weighted by Gasteiger charge is 2.13. The number of anilines is 1. The Morgan fingerprint density at radius 3 is 2.67 bits per heavy atom. The van der Waals surface area contributed by atoms with Gasteiger partial charge in [-0.15, -0.1) is 0 Å². The summed E-state index contributed by atoms with van der Waals surface area (Å²) >= 11 is 0. The largest absolute Gasteiger partial charge is 0.507 e. The van der Waals surface area contributed by atoms with Crippen molar-refractivity contribution in [2.45, 2.75) is 6.54 Å². The van der Waals surface area contributed by atoms with Crippen LogP contribution in [-0.2, 0) is 6.54 Å². The predicted molar refractivity (Wildman–Crippen MR) is 74.3 cm³/mol. The minimum absolute atomic E-state index is 0.225. The Morgan fingerprint density at radius 2 is 2.10 bits per heavy atom. The quantitative estimate of drug-likeness (QED) is 0.802. The fourth-order valence-electron chi connectivity index (χ4n) is 1.72. The second-order valence-corrected chi connectivity index (χ2v) is 4.40. The number of aromatic hydroxyl groups is 1. The van der Waals surface area contributed by atoms with Crippen molar-refractivity contribution in [1.29, 1.82) is 0 Å². The molecule has 2 amide bonds. The molecule has 0 aliphatic rings. The number of hydrogen-bond acceptors (Lipinski definition) is 4. The van der Waals surface area contributed by atoms with Gasteiger partial charge >= 0.3 is 12.0 Å². The topological polar surface area (TPSA) is 103 Å². The Balaban J connectivity index is 2.02. The SMILES string of the molecule is CN(Cc1ccco1)C(=O)Nc1ccc(C(=O)O)c(O)c1. The average molecular weight is 290 g/mol. The first-order chi connectivity index (χ1) is 9.97. The lowest BCUT2D eigenvalue weighted by Gasteiger charge is -2.17. The van der Waals surface area contributed by atoms with Crippen molar-refractivity contribution in [1.82, 2.24) is 4.90 Å². The summed E-state index contributed by atoms with van der Waals surface area (Å²) in [5.74, 6) is -1.01. The molecule has 0 fully saturated rings. The first-order valence-corrected chi connectivity index (χ1v) is 6.08. The number of carbonyl (C=O) groups excluding carboxylic acids is 1. The Labute approximate surface area is 120 Å². The van der Waals surface area contributed by atoms with Crippen LogP contribution in [0, 0.1) is 0 Å². The number of nitrogens with one attached hydrogen (secondary N) is 1. The van der Waals surface area contributed by atoms with E-state index < -0.39 is 17.7 Å². The van der Waals surface area contributed by atoms with Crippen molar-refractivity contribution in [3.8, 4) is 5.75 Å². The van der Waals surface area contributed by atoms with E-state index >= 15 is 0 Å². The van der Waals surface area contributed by atoms with E-state index in [9.17, 15) is 14.7 Å². The number of phenols is 1. The van der Waals surface area contributed by atoms with Gasteiger partial charge in [0, 0.05) is 18.8 Å². The van der Waals surface area contributed by atoms with E-state index in [1.807, 2.05) is 0 Å². The van der Waals surface area contributed by atoms with Gasteiger partial charge in [-0.05, 0) is 24.3 Å². The highest BCUT2D eigenvalue weighted by Crippen LogP contribution is 2.22. The molecule has 21 heavy (non-hydrogen) atoms. The maximum atomic E-state index is 11.9. The van der Waals surface area contributed by atoms with Crippen molar-refractivity contribution in [3.05, 3.63) is 47.9 Å². The highest BCUT2D eigenvalue weighted by molar-refractivity contribution is 5.93. The van der Waals surface area contributed by atoms with Gasteiger partial charge in [0.25, 0.3) is 0 Å². The minimum atomic E-state index is -1.24. The van der Waals surface area contributed by atoms with Crippen LogP contribution in [0.5, 0.6) is 5.75 Å². The molecule has 1 heterocycles. The summed E-state index contributed by atoms with van der Waals surface area (Å²) in [7, 11) is 1.59. The molecule has 2 rings (SSSR count). The number of rotatable bonds is 4. The van der Waals surface area contributed by atoms with E-state index in [1.54, 1.807) is 19.2 Å². The maximum Gasteiger partial charge on any atom is 0.339 e. The zero-order chi connectivity index (χ0) is 15.4. The summed E-state index contributed by atoms with van der Waals surface area (Å²) in [5.41, 5.74) is 0.0748. The fraction of sp³-hybridized carbons (Fsp3) is 0.143. The van der Waals surface area contributed by atoms with Crippen LogP contribution in [0.4, 0.5) is 10.5 Å². The van der Waals surface area contributed by atoms with E-state index in [0.29, 0.717) is 11.4 Å². The smallest absolute Gasteiger partial charge is 0.339 e. The Hall–Kier alpha value is -2.96. The van der Waals surface area contributed by atoms with Crippen molar-refractivity contribution < 1.29 is 24.2 Å². The fourth-order valence-corrected chi connectivity index (χ4v) is 1.72. The first kappa shape index (κ1) is 14.4.